The van der Waals surface area contributed by atoms with E-state index in [1.807, 2.05) is 13.8 Å². The molecule has 4 saturated heterocycles. The lowest BCUT2D eigenvalue weighted by Gasteiger charge is -2.37. The van der Waals surface area contributed by atoms with Crippen molar-refractivity contribution in [2.24, 2.45) is 11.8 Å². The fraction of sp³-hybridized carbons (Fsp3) is 0.767. The Labute approximate surface area is 238 Å². The lowest BCUT2D eigenvalue weighted by atomic mass is 9.66. The minimum Gasteiger partial charge on any atom is -0.396 e. The van der Waals surface area contributed by atoms with Crippen molar-refractivity contribution < 1.29 is 29.0 Å². The number of nitrogens with zero attached hydrogens (tertiary/aromatic N) is 4. The van der Waals surface area contributed by atoms with Crippen LogP contribution in [0.3, 0.4) is 0 Å². The van der Waals surface area contributed by atoms with Crippen molar-refractivity contribution in [1.29, 1.82) is 0 Å². The molecule has 1 spiro atoms. The average Bonchev–Trinajstić information content (AvgIpc) is 3.51. The van der Waals surface area contributed by atoms with Gasteiger partial charge in [-0.3, -0.25) is 19.3 Å². The Morgan fingerprint density at radius 2 is 1.73 bits per heavy atom. The van der Waals surface area contributed by atoms with Gasteiger partial charge < -0.3 is 29.3 Å². The third kappa shape index (κ3) is 5.60. The van der Waals surface area contributed by atoms with Crippen LogP contribution in [0, 0.1) is 11.8 Å². The molecule has 4 aliphatic rings. The van der Waals surface area contributed by atoms with Crippen LogP contribution in [-0.4, -0.2) is 132 Å². The van der Waals surface area contributed by atoms with Crippen LogP contribution in [0.4, 0.5) is 0 Å². The van der Waals surface area contributed by atoms with Gasteiger partial charge >= 0.3 is 0 Å². The zero-order chi connectivity index (χ0) is 28.9. The van der Waals surface area contributed by atoms with Crippen molar-refractivity contribution in [3.63, 3.8) is 0 Å². The summed E-state index contributed by atoms with van der Waals surface area (Å²) in [4.78, 5) is 50.2. The van der Waals surface area contributed by atoms with Crippen molar-refractivity contribution in [3.8, 4) is 0 Å². The minimum atomic E-state index is -1.05. The maximum Gasteiger partial charge on any atom is 0.248 e. The van der Waals surface area contributed by atoms with E-state index >= 15 is 0 Å². The van der Waals surface area contributed by atoms with Gasteiger partial charge in [0.25, 0.3) is 0 Å². The highest BCUT2D eigenvalue weighted by Gasteiger charge is 2.78. The number of carbonyl (C=O) groups is 3. The molecule has 0 aliphatic carbocycles. The highest BCUT2D eigenvalue weighted by molar-refractivity contribution is 5.99. The van der Waals surface area contributed by atoms with Crippen LogP contribution in [0.1, 0.15) is 46.0 Å². The zero-order valence-corrected chi connectivity index (χ0v) is 24.4. The highest BCUT2D eigenvalue weighted by Crippen LogP contribution is 2.63. The van der Waals surface area contributed by atoms with E-state index in [4.69, 9.17) is 9.47 Å². The molecule has 0 radical (unpaired) electrons. The molecule has 4 heterocycles. The molecule has 10 nitrogen and oxygen atoms in total. The van der Waals surface area contributed by atoms with Gasteiger partial charge in [0.1, 0.15) is 11.6 Å². The van der Waals surface area contributed by atoms with Crippen LogP contribution < -0.4 is 0 Å². The second-order valence-corrected chi connectivity index (χ2v) is 11.8. The fourth-order valence-electron chi connectivity index (χ4n) is 7.34. The number of hydrogen-bond acceptors (Lipinski definition) is 7. The van der Waals surface area contributed by atoms with Gasteiger partial charge in [0.15, 0.2) is 0 Å². The minimum absolute atomic E-state index is 0.0145. The van der Waals surface area contributed by atoms with E-state index in [1.54, 1.807) is 26.9 Å². The van der Waals surface area contributed by atoms with E-state index < -0.39 is 29.1 Å². The number of morpholine rings is 1. The first-order valence-electron chi connectivity index (χ1n) is 15.0. The van der Waals surface area contributed by atoms with Gasteiger partial charge in [-0.2, -0.15) is 0 Å². The molecule has 2 unspecified atom stereocenters. The Bertz CT molecular complexity index is 954. The van der Waals surface area contributed by atoms with Gasteiger partial charge in [0, 0.05) is 59.0 Å². The number of ether oxygens (including phenoxy) is 2. The Morgan fingerprint density at radius 1 is 1.05 bits per heavy atom. The second kappa shape index (κ2) is 13.1. The molecule has 10 heteroatoms. The highest BCUT2D eigenvalue weighted by atomic mass is 16.5. The van der Waals surface area contributed by atoms with Gasteiger partial charge in [-0.25, -0.2) is 0 Å². The van der Waals surface area contributed by atoms with Gasteiger partial charge in [-0.1, -0.05) is 19.1 Å². The summed E-state index contributed by atoms with van der Waals surface area (Å²) in [6.45, 7) is 17.6. The quantitative estimate of drug-likeness (QED) is 0.238. The largest absolute Gasteiger partial charge is 0.396 e. The molecule has 1 N–H and O–H groups in total. The molecule has 40 heavy (non-hydrogen) atoms. The summed E-state index contributed by atoms with van der Waals surface area (Å²) >= 11 is 0. The average molecular weight is 561 g/mol. The smallest absolute Gasteiger partial charge is 0.248 e. The number of hydrogen-bond donors (Lipinski definition) is 1. The van der Waals surface area contributed by atoms with Gasteiger partial charge in [0.2, 0.25) is 17.7 Å². The van der Waals surface area contributed by atoms with Crippen LogP contribution in [0.25, 0.3) is 0 Å². The first-order chi connectivity index (χ1) is 19.3. The third-order valence-corrected chi connectivity index (χ3v) is 9.19. The van der Waals surface area contributed by atoms with Gasteiger partial charge in [0.05, 0.1) is 30.7 Å². The van der Waals surface area contributed by atoms with Crippen LogP contribution in [0.2, 0.25) is 0 Å². The van der Waals surface area contributed by atoms with Gasteiger partial charge in [-0.15, -0.1) is 13.2 Å². The van der Waals surface area contributed by atoms with Crippen molar-refractivity contribution in [3.05, 3.63) is 25.3 Å². The van der Waals surface area contributed by atoms with Gasteiger partial charge in [-0.05, 0) is 39.0 Å². The molecule has 224 valence electrons. The predicted octanol–water partition coefficient (Wildman–Crippen LogP) is 1.30. The van der Waals surface area contributed by atoms with Crippen LogP contribution in [0.5, 0.6) is 0 Å². The number of aliphatic hydroxyl groups is 1. The predicted molar refractivity (Wildman–Crippen MR) is 151 cm³/mol. The summed E-state index contributed by atoms with van der Waals surface area (Å²) in [5.74, 6) is -1.79. The summed E-state index contributed by atoms with van der Waals surface area (Å²) in [6.07, 6.45) is 6.49. The Kier molecular flexibility index (Phi) is 10.1. The first kappa shape index (κ1) is 30.7. The number of fused-ring (bicyclic) bond motifs is 1. The summed E-state index contributed by atoms with van der Waals surface area (Å²) in [5.41, 5.74) is -1.86. The number of unbranched alkanes of at least 4 members (excludes halogenated alkanes) is 1. The van der Waals surface area contributed by atoms with Crippen LogP contribution >= 0.6 is 0 Å². The summed E-state index contributed by atoms with van der Waals surface area (Å²) < 4.78 is 12.3. The third-order valence-electron chi connectivity index (χ3n) is 9.19. The number of likely N-dealkylation sites (tertiary alicyclic amines) is 1. The van der Waals surface area contributed by atoms with Crippen molar-refractivity contribution >= 4 is 17.7 Å². The van der Waals surface area contributed by atoms with Crippen molar-refractivity contribution in [2.75, 3.05) is 72.2 Å². The molecule has 0 aromatic heterocycles. The number of carbonyl (C=O) groups excluding carboxylic acids is 3. The lowest BCUT2D eigenvalue weighted by Crippen LogP contribution is -2.57. The number of amides is 3. The topological polar surface area (TPSA) is 103 Å². The number of rotatable bonds is 15. The van der Waals surface area contributed by atoms with Crippen LogP contribution in [-0.2, 0) is 23.9 Å². The molecule has 2 bridgehead atoms. The normalized spacial score (nSPS) is 31.3. The maximum absolute atomic E-state index is 14.4. The monoisotopic (exact) mass is 560 g/mol. The molecule has 4 rings (SSSR count). The van der Waals surface area contributed by atoms with E-state index in [9.17, 15) is 19.5 Å². The molecule has 0 aromatic carbocycles. The van der Waals surface area contributed by atoms with E-state index in [0.29, 0.717) is 78.2 Å². The Balaban J connectivity index is 1.66. The molecule has 0 aromatic rings. The Hall–Kier alpha value is -2.27. The molecule has 4 aliphatic heterocycles. The molecular weight excluding hydrogens is 512 g/mol. The van der Waals surface area contributed by atoms with E-state index in [2.05, 4.69) is 18.1 Å². The summed E-state index contributed by atoms with van der Waals surface area (Å²) in [6, 6.07) is -0.813. The fourth-order valence-corrected chi connectivity index (χ4v) is 7.34. The first-order valence-corrected chi connectivity index (χ1v) is 15.0. The zero-order valence-electron chi connectivity index (χ0n) is 24.4. The number of aliphatic hydroxyl groups excluding tert-OH is 1. The van der Waals surface area contributed by atoms with Crippen molar-refractivity contribution in [1.82, 2.24) is 19.6 Å². The molecule has 0 saturated carbocycles. The van der Waals surface area contributed by atoms with E-state index in [1.165, 1.54) is 0 Å². The molecule has 5 atom stereocenters. The summed E-state index contributed by atoms with van der Waals surface area (Å²) in [7, 11) is 0. The van der Waals surface area contributed by atoms with Crippen molar-refractivity contribution in [2.45, 2.75) is 63.2 Å². The molecule has 4 fully saturated rings. The Morgan fingerprint density at radius 3 is 2.35 bits per heavy atom. The molecule has 3 amide bonds. The lowest BCUT2D eigenvalue weighted by molar-refractivity contribution is -0.153. The maximum atomic E-state index is 14.4. The standard InChI is InChI=1S/C30H48N4O6/c1-5-12-32(13-6-2)26(36)23-24-27(37)34(15-8-9-20-35)25(30(24)11-10-29(23,4)40-30)28(38)33(14-7-3)17-16-31-18-21-39-22-19-31/h5,7,23-25,35H,1,3,6,8-22H2,2,4H3/t23-,24+,25?,29+,30?/m1/s1. The SMILES string of the molecule is C=CCN(CCN1CCOCC1)C(=O)C1N(CCCCO)C(=O)[C@@H]2[C@H](C(=O)N(CC=C)CCC)[C@]3(C)CCC12O3. The van der Waals surface area contributed by atoms with Crippen LogP contribution in [0.15, 0.2) is 25.3 Å². The molecular formula is C30H48N4O6. The van der Waals surface area contributed by atoms with E-state index in [-0.39, 0.29) is 24.3 Å². The summed E-state index contributed by atoms with van der Waals surface area (Å²) in [5, 5.41) is 9.42. The second-order valence-electron chi connectivity index (χ2n) is 11.8. The van der Waals surface area contributed by atoms with E-state index in [0.717, 1.165) is 19.5 Å².